The molecule has 8 heteroatoms. The number of para-hydroxylation sites is 1. The zero-order valence-corrected chi connectivity index (χ0v) is 23.2. The monoisotopic (exact) mass is 518 g/mol. The van der Waals surface area contributed by atoms with Gasteiger partial charge in [0.05, 0.1) is 30.3 Å². The molecule has 2 heterocycles. The number of aryl methyl sites for hydroxylation is 2. The molecule has 4 rings (SSSR count). The molecule has 1 N–H and O–H groups in total. The molecule has 0 spiro atoms. The third-order valence-electron chi connectivity index (χ3n) is 6.95. The van der Waals surface area contributed by atoms with Gasteiger partial charge in [-0.1, -0.05) is 24.3 Å². The van der Waals surface area contributed by atoms with Crippen LogP contribution in [0.25, 0.3) is 5.69 Å². The van der Waals surface area contributed by atoms with Crippen molar-refractivity contribution in [2.45, 2.75) is 65.5 Å². The van der Waals surface area contributed by atoms with Crippen LogP contribution in [0.5, 0.6) is 5.75 Å². The molecule has 202 valence electrons. The summed E-state index contributed by atoms with van der Waals surface area (Å²) in [4.78, 5) is 27.9. The van der Waals surface area contributed by atoms with Gasteiger partial charge in [0.2, 0.25) is 0 Å². The Morgan fingerprint density at radius 3 is 2.42 bits per heavy atom. The first-order chi connectivity index (χ1) is 18.1. The third-order valence-corrected chi connectivity index (χ3v) is 6.95. The smallest absolute Gasteiger partial charge is 0.410 e. The average molecular weight is 519 g/mol. The van der Waals surface area contributed by atoms with Crippen molar-refractivity contribution < 1.29 is 19.1 Å². The Hall–Kier alpha value is -3.81. The van der Waals surface area contributed by atoms with E-state index in [0.29, 0.717) is 38.0 Å². The first-order valence-corrected chi connectivity index (χ1v) is 13.1. The number of aromatic nitrogens is 2. The van der Waals surface area contributed by atoms with Crippen molar-refractivity contribution in [1.82, 2.24) is 20.0 Å². The molecule has 0 bridgehead atoms. The van der Waals surface area contributed by atoms with Gasteiger partial charge in [-0.25, -0.2) is 9.48 Å². The summed E-state index contributed by atoms with van der Waals surface area (Å²) in [6.07, 6.45) is 2.78. The molecule has 1 aromatic heterocycles. The molecule has 8 nitrogen and oxygen atoms in total. The number of ether oxygens (including phenoxy) is 2. The van der Waals surface area contributed by atoms with Crippen molar-refractivity contribution in [2.75, 3.05) is 20.2 Å². The Labute approximate surface area is 224 Å². The molecule has 0 aliphatic carbocycles. The summed E-state index contributed by atoms with van der Waals surface area (Å²) in [5, 5.41) is 7.72. The minimum absolute atomic E-state index is 0.0600. The molecule has 2 amide bonds. The predicted octanol–water partition coefficient (Wildman–Crippen LogP) is 5.54. The molecule has 1 fully saturated rings. The van der Waals surface area contributed by atoms with Crippen LogP contribution in [0.1, 0.15) is 72.3 Å². The van der Waals surface area contributed by atoms with E-state index in [2.05, 4.69) is 36.4 Å². The van der Waals surface area contributed by atoms with Crippen LogP contribution in [0.3, 0.4) is 0 Å². The van der Waals surface area contributed by atoms with Crippen molar-refractivity contribution in [3.63, 3.8) is 0 Å². The molecule has 1 saturated heterocycles. The van der Waals surface area contributed by atoms with E-state index in [4.69, 9.17) is 9.47 Å². The maximum absolute atomic E-state index is 13.5. The number of amides is 2. The molecular formula is C30H38N4O4. The highest BCUT2D eigenvalue weighted by Gasteiger charge is 2.32. The van der Waals surface area contributed by atoms with Crippen LogP contribution in [0.15, 0.2) is 48.7 Å². The van der Waals surface area contributed by atoms with E-state index in [0.717, 1.165) is 28.3 Å². The fourth-order valence-corrected chi connectivity index (χ4v) is 4.77. The van der Waals surface area contributed by atoms with E-state index in [1.54, 1.807) is 18.2 Å². The predicted molar refractivity (Wildman–Crippen MR) is 147 cm³/mol. The molecular weight excluding hydrogens is 480 g/mol. The Morgan fingerprint density at radius 1 is 1.05 bits per heavy atom. The molecule has 0 atom stereocenters. The number of benzene rings is 2. The van der Waals surface area contributed by atoms with Crippen LogP contribution < -0.4 is 10.1 Å². The quantitative estimate of drug-likeness (QED) is 0.463. The van der Waals surface area contributed by atoms with Gasteiger partial charge in [-0.3, -0.25) is 4.79 Å². The molecule has 0 saturated carbocycles. The lowest BCUT2D eigenvalue weighted by Gasteiger charge is -2.34. The van der Waals surface area contributed by atoms with Gasteiger partial charge in [0.25, 0.3) is 5.91 Å². The molecule has 0 radical (unpaired) electrons. The lowest BCUT2D eigenvalue weighted by atomic mass is 9.90. The highest BCUT2D eigenvalue weighted by molar-refractivity contribution is 5.95. The van der Waals surface area contributed by atoms with Gasteiger partial charge in [0.15, 0.2) is 0 Å². The SMILES string of the molecule is COc1ccccc1CNC(=O)c1cnn(-c2ccc(C)c(C)c2)c1C1CCN(C(=O)OC(C)(C)C)CC1. The van der Waals surface area contributed by atoms with Crippen molar-refractivity contribution >= 4 is 12.0 Å². The van der Waals surface area contributed by atoms with E-state index >= 15 is 0 Å². The highest BCUT2D eigenvalue weighted by Crippen LogP contribution is 2.33. The van der Waals surface area contributed by atoms with Crippen molar-refractivity contribution in [3.05, 3.63) is 76.6 Å². The van der Waals surface area contributed by atoms with Crippen molar-refractivity contribution in [1.29, 1.82) is 0 Å². The second-order valence-electron chi connectivity index (χ2n) is 10.9. The summed E-state index contributed by atoms with van der Waals surface area (Å²) >= 11 is 0. The van der Waals surface area contributed by atoms with E-state index in [-0.39, 0.29) is 17.9 Å². The number of methoxy groups -OCH3 is 1. The maximum atomic E-state index is 13.5. The lowest BCUT2D eigenvalue weighted by Crippen LogP contribution is -2.41. The van der Waals surface area contributed by atoms with Crippen LogP contribution >= 0.6 is 0 Å². The summed E-state index contributed by atoms with van der Waals surface area (Å²) in [5.74, 6) is 0.605. The van der Waals surface area contributed by atoms with Gasteiger partial charge in [-0.2, -0.15) is 5.10 Å². The summed E-state index contributed by atoms with van der Waals surface area (Å²) in [5.41, 5.74) is 5.05. The van der Waals surface area contributed by atoms with Gasteiger partial charge >= 0.3 is 6.09 Å². The number of hydrogen-bond donors (Lipinski definition) is 1. The fourth-order valence-electron chi connectivity index (χ4n) is 4.77. The lowest BCUT2D eigenvalue weighted by molar-refractivity contribution is 0.0203. The number of piperidine rings is 1. The Kier molecular flexibility index (Phi) is 8.09. The number of hydrogen-bond acceptors (Lipinski definition) is 5. The molecule has 2 aromatic carbocycles. The largest absolute Gasteiger partial charge is 0.496 e. The first-order valence-electron chi connectivity index (χ1n) is 13.1. The van der Waals surface area contributed by atoms with Gasteiger partial charge in [-0.15, -0.1) is 0 Å². The first kappa shape index (κ1) is 27.2. The molecule has 3 aromatic rings. The Morgan fingerprint density at radius 2 is 1.76 bits per heavy atom. The number of nitrogens with zero attached hydrogens (tertiary/aromatic N) is 3. The second kappa shape index (κ2) is 11.3. The number of carbonyl (C=O) groups excluding carboxylic acids is 2. The van der Waals surface area contributed by atoms with Gasteiger partial charge in [-0.05, 0) is 76.8 Å². The van der Waals surface area contributed by atoms with Gasteiger partial charge < -0.3 is 19.7 Å². The zero-order chi connectivity index (χ0) is 27.4. The van der Waals surface area contributed by atoms with Gasteiger partial charge in [0.1, 0.15) is 11.4 Å². The average Bonchev–Trinajstić information content (AvgIpc) is 3.33. The minimum Gasteiger partial charge on any atom is -0.496 e. The normalized spacial score (nSPS) is 14.3. The molecule has 38 heavy (non-hydrogen) atoms. The molecule has 0 unspecified atom stereocenters. The Balaban J connectivity index is 1.60. The number of carbonyl (C=O) groups is 2. The van der Waals surface area contributed by atoms with Crippen LogP contribution in [0, 0.1) is 13.8 Å². The van der Waals surface area contributed by atoms with E-state index in [1.807, 2.05) is 55.8 Å². The standard InChI is InChI=1S/C30H38N4O4/c1-20-11-12-24(17-21(20)2)34-27(22-13-15-33(16-14-22)29(36)38-30(3,4)5)25(19-32-34)28(35)31-18-23-9-7-8-10-26(23)37-6/h7-12,17,19,22H,13-16,18H2,1-6H3,(H,31,35). The Bertz CT molecular complexity index is 1300. The zero-order valence-electron chi connectivity index (χ0n) is 23.2. The summed E-state index contributed by atoms with van der Waals surface area (Å²) in [7, 11) is 1.62. The second-order valence-corrected chi connectivity index (χ2v) is 10.9. The van der Waals surface area contributed by atoms with E-state index in [9.17, 15) is 9.59 Å². The van der Waals surface area contributed by atoms with Crippen LogP contribution in [0.4, 0.5) is 4.79 Å². The summed E-state index contributed by atoms with van der Waals surface area (Å²) < 4.78 is 12.9. The number of nitrogens with one attached hydrogen (secondary N) is 1. The topological polar surface area (TPSA) is 85.7 Å². The van der Waals surface area contributed by atoms with E-state index in [1.165, 1.54) is 5.56 Å². The number of rotatable bonds is 6. The summed E-state index contributed by atoms with van der Waals surface area (Å²) in [6, 6.07) is 13.8. The number of likely N-dealkylation sites (tertiary alicyclic amines) is 1. The van der Waals surface area contributed by atoms with Crippen molar-refractivity contribution in [3.8, 4) is 11.4 Å². The van der Waals surface area contributed by atoms with Crippen LogP contribution in [0.2, 0.25) is 0 Å². The fraction of sp³-hybridized carbons (Fsp3) is 0.433. The highest BCUT2D eigenvalue weighted by atomic mass is 16.6. The maximum Gasteiger partial charge on any atom is 0.410 e. The molecule has 1 aliphatic heterocycles. The van der Waals surface area contributed by atoms with Crippen LogP contribution in [-0.4, -0.2) is 52.5 Å². The third kappa shape index (κ3) is 6.18. The van der Waals surface area contributed by atoms with Crippen molar-refractivity contribution in [2.24, 2.45) is 0 Å². The van der Waals surface area contributed by atoms with Gasteiger partial charge in [0, 0.05) is 31.1 Å². The minimum atomic E-state index is -0.539. The molecule has 1 aliphatic rings. The van der Waals surface area contributed by atoms with Crippen LogP contribution in [-0.2, 0) is 11.3 Å². The van der Waals surface area contributed by atoms with E-state index < -0.39 is 5.60 Å². The summed E-state index contributed by atoms with van der Waals surface area (Å²) in [6.45, 7) is 11.2.